The van der Waals surface area contributed by atoms with Crippen LogP contribution in [0.4, 0.5) is 11.6 Å². The van der Waals surface area contributed by atoms with Crippen LogP contribution < -0.4 is 19.7 Å². The molecule has 0 atom stereocenters. The number of carbonyl (C=O) groups is 1. The Morgan fingerprint density at radius 2 is 1.67 bits per heavy atom. The van der Waals surface area contributed by atoms with Gasteiger partial charge in [0.2, 0.25) is 5.95 Å². The first-order chi connectivity index (χ1) is 13.1. The predicted molar refractivity (Wildman–Crippen MR) is 105 cm³/mol. The first kappa shape index (κ1) is 19.2. The molecule has 0 bridgehead atoms. The highest BCUT2D eigenvalue weighted by atomic mass is 35.5. The van der Waals surface area contributed by atoms with E-state index >= 15 is 0 Å². The van der Waals surface area contributed by atoms with E-state index in [9.17, 15) is 4.79 Å². The topological polar surface area (TPSA) is 76.6 Å². The third-order valence-corrected chi connectivity index (χ3v) is 4.81. The zero-order valence-electron chi connectivity index (χ0n) is 15.5. The lowest BCUT2D eigenvalue weighted by atomic mass is 10.2. The summed E-state index contributed by atoms with van der Waals surface area (Å²) in [4.78, 5) is 23.5. The highest BCUT2D eigenvalue weighted by Crippen LogP contribution is 2.36. The predicted octanol–water partition coefficient (Wildman–Crippen LogP) is 3.78. The van der Waals surface area contributed by atoms with Gasteiger partial charge in [-0.25, -0.2) is 9.97 Å². The van der Waals surface area contributed by atoms with Gasteiger partial charge in [0.15, 0.2) is 0 Å². The lowest BCUT2D eigenvalue weighted by Crippen LogP contribution is -2.26. The van der Waals surface area contributed by atoms with Crippen LogP contribution in [-0.4, -0.2) is 43.2 Å². The number of benzene rings is 1. The number of aromatic nitrogens is 2. The van der Waals surface area contributed by atoms with Gasteiger partial charge >= 0.3 is 0 Å². The van der Waals surface area contributed by atoms with E-state index in [2.05, 4.69) is 20.2 Å². The number of ether oxygens (including phenoxy) is 2. The molecule has 0 unspecified atom stereocenters. The lowest BCUT2D eigenvalue weighted by Gasteiger charge is -2.19. The van der Waals surface area contributed by atoms with Gasteiger partial charge in [-0.05, 0) is 12.8 Å². The molecule has 2 heterocycles. The molecule has 0 spiro atoms. The van der Waals surface area contributed by atoms with Gasteiger partial charge in [0.05, 0.1) is 30.5 Å². The normalized spacial score (nSPS) is 14.4. The van der Waals surface area contributed by atoms with Crippen molar-refractivity contribution in [1.82, 2.24) is 9.97 Å². The smallest absolute Gasteiger partial charge is 0.258 e. The van der Waals surface area contributed by atoms with E-state index in [1.807, 2.05) is 0 Å². The zero-order chi connectivity index (χ0) is 19.2. The fraction of sp³-hybridized carbons (Fsp3) is 0.421. The van der Waals surface area contributed by atoms with Gasteiger partial charge in [-0.15, -0.1) is 0 Å². The van der Waals surface area contributed by atoms with Crippen LogP contribution in [-0.2, 0) is 0 Å². The van der Waals surface area contributed by atoms with Crippen LogP contribution in [0.5, 0.6) is 11.5 Å². The zero-order valence-corrected chi connectivity index (χ0v) is 16.3. The lowest BCUT2D eigenvalue weighted by molar-refractivity contribution is 0.102. The van der Waals surface area contributed by atoms with E-state index in [1.165, 1.54) is 27.1 Å². The Morgan fingerprint density at radius 1 is 1.04 bits per heavy atom. The number of anilines is 2. The first-order valence-electron chi connectivity index (χ1n) is 8.92. The largest absolute Gasteiger partial charge is 0.495 e. The van der Waals surface area contributed by atoms with Gasteiger partial charge < -0.3 is 19.7 Å². The van der Waals surface area contributed by atoms with Gasteiger partial charge in [0, 0.05) is 37.6 Å². The van der Waals surface area contributed by atoms with E-state index in [0.717, 1.165) is 25.9 Å². The summed E-state index contributed by atoms with van der Waals surface area (Å²) in [7, 11) is 3.02. The van der Waals surface area contributed by atoms with Crippen molar-refractivity contribution in [2.45, 2.75) is 25.7 Å². The molecule has 2 aromatic rings. The summed E-state index contributed by atoms with van der Waals surface area (Å²) in [6, 6.07) is 3.21. The Balaban J connectivity index is 1.74. The summed E-state index contributed by atoms with van der Waals surface area (Å²) in [5, 5.41) is 3.19. The average molecular weight is 391 g/mol. The van der Waals surface area contributed by atoms with Crippen molar-refractivity contribution in [1.29, 1.82) is 0 Å². The summed E-state index contributed by atoms with van der Waals surface area (Å²) in [6.45, 7) is 1.90. The summed E-state index contributed by atoms with van der Waals surface area (Å²) in [5.41, 5.74) is 0.824. The van der Waals surface area contributed by atoms with Gasteiger partial charge in [-0.3, -0.25) is 4.79 Å². The van der Waals surface area contributed by atoms with Crippen LogP contribution in [0.15, 0.2) is 24.5 Å². The maximum absolute atomic E-state index is 12.6. The Kier molecular flexibility index (Phi) is 6.34. The van der Waals surface area contributed by atoms with E-state index in [0.29, 0.717) is 33.7 Å². The van der Waals surface area contributed by atoms with Gasteiger partial charge in [0.1, 0.15) is 11.5 Å². The van der Waals surface area contributed by atoms with Gasteiger partial charge in [-0.1, -0.05) is 24.4 Å². The van der Waals surface area contributed by atoms with Crippen LogP contribution in [0.3, 0.4) is 0 Å². The second-order valence-electron chi connectivity index (χ2n) is 6.31. The van der Waals surface area contributed by atoms with E-state index < -0.39 is 0 Å². The van der Waals surface area contributed by atoms with Crippen molar-refractivity contribution < 1.29 is 14.3 Å². The molecule has 1 N–H and O–H groups in total. The number of amides is 1. The minimum atomic E-state index is -0.333. The van der Waals surface area contributed by atoms with Crippen LogP contribution in [0.25, 0.3) is 0 Å². The molecule has 1 amide bonds. The number of methoxy groups -OCH3 is 2. The number of rotatable bonds is 5. The molecule has 1 aliphatic heterocycles. The summed E-state index contributed by atoms with van der Waals surface area (Å²) in [5.74, 6) is 1.22. The van der Waals surface area contributed by atoms with Gasteiger partial charge in [0.25, 0.3) is 5.91 Å². The fourth-order valence-electron chi connectivity index (χ4n) is 3.03. The molecular formula is C19H23ClN4O3. The molecule has 0 aliphatic carbocycles. The van der Waals surface area contributed by atoms with Crippen molar-refractivity contribution in [3.63, 3.8) is 0 Å². The number of carbonyl (C=O) groups excluding carboxylic acids is 1. The average Bonchev–Trinajstić information content (AvgIpc) is 2.98. The summed E-state index contributed by atoms with van der Waals surface area (Å²) >= 11 is 6.09. The molecule has 1 aromatic carbocycles. The minimum Gasteiger partial charge on any atom is -0.495 e. The maximum Gasteiger partial charge on any atom is 0.258 e. The second-order valence-corrected chi connectivity index (χ2v) is 6.72. The molecule has 1 fully saturated rings. The fourth-order valence-corrected chi connectivity index (χ4v) is 3.26. The van der Waals surface area contributed by atoms with Gasteiger partial charge in [-0.2, -0.15) is 0 Å². The molecule has 1 aromatic heterocycles. The molecule has 7 nitrogen and oxygen atoms in total. The quantitative estimate of drug-likeness (QED) is 0.837. The second kappa shape index (κ2) is 8.90. The van der Waals surface area contributed by atoms with Crippen molar-refractivity contribution in [3.8, 4) is 11.5 Å². The SMILES string of the molecule is COc1cc(NC(=O)c2cnc(N3CCCCCC3)nc2)c(OC)cc1Cl. The summed E-state index contributed by atoms with van der Waals surface area (Å²) in [6.07, 6.45) is 7.85. The first-order valence-corrected chi connectivity index (χ1v) is 9.30. The van der Waals surface area contributed by atoms with E-state index in [-0.39, 0.29) is 5.91 Å². The molecule has 1 saturated heterocycles. The third-order valence-electron chi connectivity index (χ3n) is 4.51. The third kappa shape index (κ3) is 4.60. The standard InChI is InChI=1S/C19H23ClN4O3/c1-26-16-10-15(17(27-2)9-14(16)20)23-18(25)13-11-21-19(22-12-13)24-7-5-3-4-6-8-24/h9-12H,3-8H2,1-2H3,(H,23,25). The summed E-state index contributed by atoms with van der Waals surface area (Å²) < 4.78 is 10.5. The number of nitrogens with zero attached hydrogens (tertiary/aromatic N) is 3. The highest BCUT2D eigenvalue weighted by Gasteiger charge is 2.16. The molecule has 0 radical (unpaired) electrons. The van der Waals surface area contributed by atoms with Crippen molar-refractivity contribution in [2.24, 2.45) is 0 Å². The monoisotopic (exact) mass is 390 g/mol. The van der Waals surface area contributed by atoms with Crippen molar-refractivity contribution in [2.75, 3.05) is 37.5 Å². The van der Waals surface area contributed by atoms with E-state index in [4.69, 9.17) is 21.1 Å². The molecule has 144 valence electrons. The Labute approximate surface area is 163 Å². The van der Waals surface area contributed by atoms with Crippen LogP contribution in [0.2, 0.25) is 5.02 Å². The van der Waals surface area contributed by atoms with Crippen LogP contribution in [0, 0.1) is 0 Å². The number of halogens is 1. The van der Waals surface area contributed by atoms with Crippen LogP contribution in [0.1, 0.15) is 36.0 Å². The van der Waals surface area contributed by atoms with Crippen molar-refractivity contribution in [3.05, 3.63) is 35.1 Å². The van der Waals surface area contributed by atoms with Crippen molar-refractivity contribution >= 4 is 29.1 Å². The molecule has 3 rings (SSSR count). The van der Waals surface area contributed by atoms with Crippen LogP contribution >= 0.6 is 11.6 Å². The minimum absolute atomic E-state index is 0.333. The number of hydrogen-bond acceptors (Lipinski definition) is 6. The Bertz CT molecular complexity index is 790. The van der Waals surface area contributed by atoms with E-state index in [1.54, 1.807) is 24.5 Å². The molecule has 0 saturated carbocycles. The number of hydrogen-bond donors (Lipinski definition) is 1. The molecular weight excluding hydrogens is 368 g/mol. The highest BCUT2D eigenvalue weighted by molar-refractivity contribution is 6.32. The number of nitrogens with one attached hydrogen (secondary N) is 1. The molecule has 8 heteroatoms. The molecule has 1 aliphatic rings. The Hall–Kier alpha value is -2.54. The Morgan fingerprint density at radius 3 is 2.26 bits per heavy atom. The maximum atomic E-state index is 12.6. The molecule has 27 heavy (non-hydrogen) atoms.